The second-order valence-electron chi connectivity index (χ2n) is 5.64. The molecular formula is C15H18Cl2N2O. The summed E-state index contributed by atoms with van der Waals surface area (Å²) in [6, 6.07) is 5.45. The number of nitrogens with zero attached hydrogens (tertiary/aromatic N) is 1. The summed E-state index contributed by atoms with van der Waals surface area (Å²) >= 11 is 11.9. The molecule has 2 heterocycles. The number of nitrogens with one attached hydrogen (secondary N) is 1. The van der Waals surface area contributed by atoms with Crippen LogP contribution in [0.15, 0.2) is 18.2 Å². The van der Waals surface area contributed by atoms with Gasteiger partial charge >= 0.3 is 0 Å². The Hall–Kier alpha value is -0.770. The van der Waals surface area contributed by atoms with Crippen LogP contribution in [0.1, 0.15) is 23.7 Å². The Labute approximate surface area is 129 Å². The topological polar surface area (TPSA) is 32.3 Å². The molecule has 3 rings (SSSR count). The molecule has 1 aromatic rings. The second kappa shape index (κ2) is 5.55. The molecule has 3 unspecified atom stereocenters. The van der Waals surface area contributed by atoms with E-state index in [1.807, 2.05) is 4.90 Å². The van der Waals surface area contributed by atoms with E-state index < -0.39 is 0 Å². The SMILES string of the molecule is CCC1C2CNCC2CN1C(=O)c1ccc(Cl)c(Cl)c1. The minimum Gasteiger partial charge on any atom is -0.335 e. The van der Waals surface area contributed by atoms with Crippen molar-refractivity contribution in [1.82, 2.24) is 10.2 Å². The first-order valence-electron chi connectivity index (χ1n) is 7.08. The van der Waals surface area contributed by atoms with Crippen molar-refractivity contribution in [3.8, 4) is 0 Å². The summed E-state index contributed by atoms with van der Waals surface area (Å²) in [4.78, 5) is 14.7. The van der Waals surface area contributed by atoms with Gasteiger partial charge in [0.2, 0.25) is 0 Å². The average Bonchev–Trinajstić information content (AvgIpc) is 3.01. The van der Waals surface area contributed by atoms with Gasteiger partial charge in [0.05, 0.1) is 10.0 Å². The number of halogens is 2. The first-order chi connectivity index (χ1) is 9.61. The van der Waals surface area contributed by atoms with Gasteiger partial charge in [0.25, 0.3) is 5.91 Å². The van der Waals surface area contributed by atoms with E-state index in [1.165, 1.54) is 0 Å². The highest BCUT2D eigenvalue weighted by molar-refractivity contribution is 6.42. The van der Waals surface area contributed by atoms with Crippen molar-refractivity contribution < 1.29 is 4.79 Å². The normalized spacial score (nSPS) is 28.8. The monoisotopic (exact) mass is 312 g/mol. The van der Waals surface area contributed by atoms with E-state index in [-0.39, 0.29) is 5.91 Å². The third kappa shape index (κ3) is 2.32. The maximum absolute atomic E-state index is 12.7. The molecule has 0 spiro atoms. The van der Waals surface area contributed by atoms with Crippen LogP contribution < -0.4 is 5.32 Å². The summed E-state index contributed by atoms with van der Waals surface area (Å²) < 4.78 is 0. The fourth-order valence-corrected chi connectivity index (χ4v) is 3.87. The smallest absolute Gasteiger partial charge is 0.254 e. The van der Waals surface area contributed by atoms with Crippen molar-refractivity contribution in [2.75, 3.05) is 19.6 Å². The molecule has 2 saturated heterocycles. The van der Waals surface area contributed by atoms with Gasteiger partial charge in [-0.25, -0.2) is 0 Å². The lowest BCUT2D eigenvalue weighted by Crippen LogP contribution is -2.39. The minimum atomic E-state index is 0.0739. The third-order valence-electron chi connectivity index (χ3n) is 4.56. The number of rotatable bonds is 2. The molecule has 0 radical (unpaired) electrons. The summed E-state index contributed by atoms with van der Waals surface area (Å²) in [5, 5.41) is 4.35. The first-order valence-corrected chi connectivity index (χ1v) is 7.84. The summed E-state index contributed by atoms with van der Waals surface area (Å²) in [7, 11) is 0. The van der Waals surface area contributed by atoms with E-state index >= 15 is 0 Å². The number of amides is 1. The summed E-state index contributed by atoms with van der Waals surface area (Å²) in [6.07, 6.45) is 0.996. The van der Waals surface area contributed by atoms with Crippen LogP contribution in [-0.4, -0.2) is 36.5 Å². The van der Waals surface area contributed by atoms with Crippen LogP contribution in [0.25, 0.3) is 0 Å². The Balaban J connectivity index is 1.84. The Morgan fingerprint density at radius 3 is 2.85 bits per heavy atom. The molecule has 1 aromatic carbocycles. The largest absolute Gasteiger partial charge is 0.335 e. The Kier molecular flexibility index (Phi) is 3.93. The van der Waals surface area contributed by atoms with Crippen LogP contribution in [0.2, 0.25) is 10.0 Å². The zero-order valence-electron chi connectivity index (χ0n) is 11.4. The molecule has 0 aromatic heterocycles. The fourth-order valence-electron chi connectivity index (χ4n) is 3.57. The quantitative estimate of drug-likeness (QED) is 0.910. The standard InChI is InChI=1S/C15H18Cl2N2O/c1-2-14-11-7-18-6-10(11)8-19(14)15(20)9-3-4-12(16)13(17)5-9/h3-5,10-11,14,18H,2,6-8H2,1H3. The van der Waals surface area contributed by atoms with E-state index in [0.717, 1.165) is 26.1 Å². The average molecular weight is 313 g/mol. The lowest BCUT2D eigenvalue weighted by atomic mass is 9.93. The molecular weight excluding hydrogens is 295 g/mol. The molecule has 5 heteroatoms. The van der Waals surface area contributed by atoms with E-state index in [2.05, 4.69) is 12.2 Å². The van der Waals surface area contributed by atoms with E-state index in [0.29, 0.717) is 33.5 Å². The lowest BCUT2D eigenvalue weighted by Gasteiger charge is -2.27. The van der Waals surface area contributed by atoms with Gasteiger partial charge in [-0.15, -0.1) is 0 Å². The molecule has 2 aliphatic rings. The van der Waals surface area contributed by atoms with Crippen LogP contribution in [0.5, 0.6) is 0 Å². The summed E-state index contributed by atoms with van der Waals surface area (Å²) in [6.45, 7) is 5.04. The van der Waals surface area contributed by atoms with Crippen molar-refractivity contribution in [3.05, 3.63) is 33.8 Å². The molecule has 3 nitrogen and oxygen atoms in total. The van der Waals surface area contributed by atoms with Crippen LogP contribution in [0, 0.1) is 11.8 Å². The zero-order valence-corrected chi connectivity index (χ0v) is 12.9. The van der Waals surface area contributed by atoms with Crippen LogP contribution >= 0.6 is 23.2 Å². The highest BCUT2D eigenvalue weighted by Gasteiger charge is 2.45. The van der Waals surface area contributed by atoms with Gasteiger partial charge in [-0.2, -0.15) is 0 Å². The lowest BCUT2D eigenvalue weighted by molar-refractivity contribution is 0.0711. The number of hydrogen-bond acceptors (Lipinski definition) is 2. The Morgan fingerprint density at radius 1 is 1.35 bits per heavy atom. The Bertz CT molecular complexity index is 535. The van der Waals surface area contributed by atoms with Gasteiger partial charge in [-0.1, -0.05) is 30.1 Å². The van der Waals surface area contributed by atoms with Crippen LogP contribution in [0.3, 0.4) is 0 Å². The maximum Gasteiger partial charge on any atom is 0.254 e. The molecule has 108 valence electrons. The van der Waals surface area contributed by atoms with E-state index in [1.54, 1.807) is 18.2 Å². The second-order valence-corrected chi connectivity index (χ2v) is 6.46. The van der Waals surface area contributed by atoms with E-state index in [4.69, 9.17) is 23.2 Å². The molecule has 1 N–H and O–H groups in total. The molecule has 3 atom stereocenters. The number of carbonyl (C=O) groups is 1. The highest BCUT2D eigenvalue weighted by Crippen LogP contribution is 2.35. The number of benzene rings is 1. The molecule has 2 fully saturated rings. The predicted octanol–water partition coefficient (Wildman–Crippen LogP) is 3.06. The molecule has 0 bridgehead atoms. The summed E-state index contributed by atoms with van der Waals surface area (Å²) in [5.41, 5.74) is 0.630. The zero-order chi connectivity index (χ0) is 14.3. The van der Waals surface area contributed by atoms with Gasteiger partial charge in [-0.3, -0.25) is 4.79 Å². The minimum absolute atomic E-state index is 0.0739. The van der Waals surface area contributed by atoms with Crippen molar-refractivity contribution in [3.63, 3.8) is 0 Å². The summed E-state index contributed by atoms with van der Waals surface area (Å²) in [5.74, 6) is 1.25. The van der Waals surface area contributed by atoms with Crippen LogP contribution in [-0.2, 0) is 0 Å². The van der Waals surface area contributed by atoms with Crippen molar-refractivity contribution >= 4 is 29.1 Å². The van der Waals surface area contributed by atoms with Crippen molar-refractivity contribution in [2.45, 2.75) is 19.4 Å². The van der Waals surface area contributed by atoms with Crippen molar-refractivity contribution in [1.29, 1.82) is 0 Å². The first kappa shape index (κ1) is 14.2. The van der Waals surface area contributed by atoms with Gasteiger partial charge in [0.1, 0.15) is 0 Å². The molecule has 1 amide bonds. The number of carbonyl (C=O) groups excluding carboxylic acids is 1. The molecule has 2 aliphatic heterocycles. The van der Waals surface area contributed by atoms with Crippen molar-refractivity contribution in [2.24, 2.45) is 11.8 Å². The van der Waals surface area contributed by atoms with Gasteiger partial charge in [-0.05, 0) is 36.5 Å². The number of likely N-dealkylation sites (tertiary alicyclic amines) is 1. The van der Waals surface area contributed by atoms with Gasteiger partial charge < -0.3 is 10.2 Å². The molecule has 20 heavy (non-hydrogen) atoms. The highest BCUT2D eigenvalue weighted by atomic mass is 35.5. The van der Waals surface area contributed by atoms with Gasteiger partial charge in [0.15, 0.2) is 0 Å². The third-order valence-corrected chi connectivity index (χ3v) is 5.30. The van der Waals surface area contributed by atoms with Gasteiger partial charge in [0, 0.05) is 31.2 Å². The fraction of sp³-hybridized carbons (Fsp3) is 0.533. The Morgan fingerprint density at radius 2 is 2.15 bits per heavy atom. The predicted molar refractivity (Wildman–Crippen MR) is 81.4 cm³/mol. The molecule has 0 saturated carbocycles. The number of fused-ring (bicyclic) bond motifs is 1. The molecule has 0 aliphatic carbocycles. The van der Waals surface area contributed by atoms with Crippen LogP contribution in [0.4, 0.5) is 0 Å². The maximum atomic E-state index is 12.7. The van der Waals surface area contributed by atoms with E-state index in [9.17, 15) is 4.79 Å². The number of hydrogen-bond donors (Lipinski definition) is 1.